The van der Waals surface area contributed by atoms with E-state index >= 15 is 0 Å². The highest BCUT2D eigenvalue weighted by Gasteiger charge is 2.38. The Morgan fingerprint density at radius 1 is 1.23 bits per heavy atom. The van der Waals surface area contributed by atoms with Gasteiger partial charge in [-0.1, -0.05) is 0 Å². The molecule has 2 aromatic heterocycles. The third-order valence-electron chi connectivity index (χ3n) is 5.25. The first-order valence-corrected chi connectivity index (χ1v) is 10.5. The smallest absolute Gasteiger partial charge is 0.267 e. The first kappa shape index (κ1) is 20.7. The number of nitrogens with zero attached hydrogens (tertiary/aromatic N) is 3. The summed E-state index contributed by atoms with van der Waals surface area (Å²) in [6, 6.07) is 5.56. The van der Waals surface area contributed by atoms with Crippen molar-refractivity contribution in [3.63, 3.8) is 0 Å². The Labute approximate surface area is 188 Å². The van der Waals surface area contributed by atoms with Crippen LogP contribution in [0.1, 0.15) is 41.4 Å². The number of aryl methyl sites for hydroxylation is 1. The van der Waals surface area contributed by atoms with E-state index in [4.69, 9.17) is 13.9 Å². The number of hydrogen-bond donors (Lipinski definition) is 1. The monoisotopic (exact) mass is 522 g/mol. The summed E-state index contributed by atoms with van der Waals surface area (Å²) in [6.07, 6.45) is 3.58. The van der Waals surface area contributed by atoms with Crippen LogP contribution < -0.4 is 14.8 Å². The van der Waals surface area contributed by atoms with Gasteiger partial charge < -0.3 is 19.2 Å². The number of ether oxygens (including phenoxy) is 2. The number of carbonyl (C=O) groups is 1. The normalized spacial score (nSPS) is 14.4. The van der Waals surface area contributed by atoms with Gasteiger partial charge in [-0.3, -0.25) is 7.91 Å². The number of hydrogen-bond acceptors (Lipinski definition) is 7. The summed E-state index contributed by atoms with van der Waals surface area (Å²) in [6.45, 7) is 4.28. The summed E-state index contributed by atoms with van der Waals surface area (Å²) >= 11 is 2.02. The number of halogens is 1. The van der Waals surface area contributed by atoms with Crippen molar-refractivity contribution >= 4 is 45.7 Å². The lowest BCUT2D eigenvalue weighted by Crippen LogP contribution is -2.22. The summed E-state index contributed by atoms with van der Waals surface area (Å²) in [5.41, 5.74) is 1.78. The SMILES string of the molecule is COc1cc(CN(I)C(=O)c2c(C)oc3ncnc(NC4(C)CC4)c23)cc(OC)c1. The summed E-state index contributed by atoms with van der Waals surface area (Å²) in [4.78, 5) is 22.0. The third kappa shape index (κ3) is 4.03. The number of methoxy groups -OCH3 is 2. The van der Waals surface area contributed by atoms with Crippen LogP contribution in [0.2, 0.25) is 0 Å². The van der Waals surface area contributed by atoms with E-state index in [0.717, 1.165) is 18.4 Å². The quantitative estimate of drug-likeness (QED) is 0.361. The van der Waals surface area contributed by atoms with Crippen LogP contribution in [0.4, 0.5) is 5.82 Å². The van der Waals surface area contributed by atoms with Gasteiger partial charge in [0.2, 0.25) is 5.71 Å². The predicted octanol–water partition coefficient (Wildman–Crippen LogP) is 4.51. The number of nitrogens with one attached hydrogen (secondary N) is 1. The summed E-state index contributed by atoms with van der Waals surface area (Å²) in [5, 5.41) is 4.07. The maximum Gasteiger partial charge on any atom is 0.267 e. The maximum atomic E-state index is 13.4. The van der Waals surface area contributed by atoms with Crippen molar-refractivity contribution in [2.75, 3.05) is 19.5 Å². The van der Waals surface area contributed by atoms with Crippen molar-refractivity contribution in [3.05, 3.63) is 41.4 Å². The highest BCUT2D eigenvalue weighted by Crippen LogP contribution is 2.40. The first-order valence-electron chi connectivity index (χ1n) is 9.55. The van der Waals surface area contributed by atoms with Crippen LogP contribution in [0.3, 0.4) is 0 Å². The van der Waals surface area contributed by atoms with Gasteiger partial charge in [0, 0.05) is 11.6 Å². The van der Waals surface area contributed by atoms with Gasteiger partial charge in [0.15, 0.2) is 0 Å². The molecule has 158 valence electrons. The van der Waals surface area contributed by atoms with Crippen LogP contribution in [-0.4, -0.2) is 38.7 Å². The first-order chi connectivity index (χ1) is 14.3. The second-order valence-electron chi connectivity index (χ2n) is 7.67. The van der Waals surface area contributed by atoms with Crippen molar-refractivity contribution in [2.45, 2.75) is 38.8 Å². The molecule has 0 radical (unpaired) electrons. The third-order valence-corrected chi connectivity index (χ3v) is 6.03. The highest BCUT2D eigenvalue weighted by atomic mass is 127. The Morgan fingerprint density at radius 3 is 2.50 bits per heavy atom. The lowest BCUT2D eigenvalue weighted by molar-refractivity contribution is 0.0883. The Balaban J connectivity index is 1.67. The number of furan rings is 1. The van der Waals surface area contributed by atoms with Crippen LogP contribution in [0.25, 0.3) is 11.1 Å². The zero-order valence-corrected chi connectivity index (χ0v) is 19.4. The molecule has 0 spiro atoms. The van der Waals surface area contributed by atoms with E-state index in [1.807, 2.05) is 35.0 Å². The minimum absolute atomic E-state index is 0.00787. The Hall–Kier alpha value is -2.56. The molecule has 4 rings (SSSR count). The number of amides is 1. The summed E-state index contributed by atoms with van der Waals surface area (Å²) in [7, 11) is 3.20. The average Bonchev–Trinajstić information content (AvgIpc) is 3.35. The van der Waals surface area contributed by atoms with Gasteiger partial charge >= 0.3 is 0 Å². The highest BCUT2D eigenvalue weighted by molar-refractivity contribution is 14.1. The van der Waals surface area contributed by atoms with Crippen LogP contribution >= 0.6 is 22.9 Å². The molecule has 0 bridgehead atoms. The second kappa shape index (κ2) is 7.93. The molecule has 0 atom stereocenters. The summed E-state index contributed by atoms with van der Waals surface area (Å²) < 4.78 is 18.1. The van der Waals surface area contributed by atoms with Crippen molar-refractivity contribution in [2.24, 2.45) is 0 Å². The number of aromatic nitrogens is 2. The molecule has 1 amide bonds. The minimum atomic E-state index is -0.174. The number of anilines is 1. The molecule has 1 aliphatic carbocycles. The Kier molecular flexibility index (Phi) is 5.48. The molecule has 1 N–H and O–H groups in total. The molecule has 1 fully saturated rings. The molecule has 0 saturated heterocycles. The molecule has 30 heavy (non-hydrogen) atoms. The minimum Gasteiger partial charge on any atom is -0.497 e. The van der Waals surface area contributed by atoms with E-state index in [9.17, 15) is 4.79 Å². The van der Waals surface area contributed by atoms with Gasteiger partial charge in [-0.2, -0.15) is 0 Å². The summed E-state index contributed by atoms with van der Waals surface area (Å²) in [5.74, 6) is 2.32. The molecule has 1 saturated carbocycles. The van der Waals surface area contributed by atoms with Gasteiger partial charge in [-0.15, -0.1) is 0 Å². The van der Waals surface area contributed by atoms with Crippen LogP contribution in [0.15, 0.2) is 28.9 Å². The van der Waals surface area contributed by atoms with E-state index in [2.05, 4.69) is 22.2 Å². The molecule has 0 aliphatic heterocycles. The predicted molar refractivity (Wildman–Crippen MR) is 121 cm³/mol. The zero-order valence-electron chi connectivity index (χ0n) is 17.3. The van der Waals surface area contributed by atoms with E-state index in [1.54, 1.807) is 30.3 Å². The van der Waals surface area contributed by atoms with Gasteiger partial charge in [0.1, 0.15) is 29.4 Å². The average molecular weight is 522 g/mol. The van der Waals surface area contributed by atoms with Crippen molar-refractivity contribution in [1.29, 1.82) is 0 Å². The number of carbonyl (C=O) groups excluding carboxylic acids is 1. The number of rotatable bonds is 7. The zero-order chi connectivity index (χ0) is 21.5. The van der Waals surface area contributed by atoms with Crippen LogP contribution in [-0.2, 0) is 6.54 Å². The fourth-order valence-electron chi connectivity index (χ4n) is 3.31. The van der Waals surface area contributed by atoms with E-state index < -0.39 is 0 Å². The molecule has 2 heterocycles. The largest absolute Gasteiger partial charge is 0.497 e. The maximum absolute atomic E-state index is 13.4. The van der Waals surface area contributed by atoms with Crippen LogP contribution in [0, 0.1) is 6.92 Å². The Bertz CT molecular complexity index is 1090. The second-order valence-corrected chi connectivity index (χ2v) is 8.83. The van der Waals surface area contributed by atoms with Crippen molar-refractivity contribution in [1.82, 2.24) is 13.1 Å². The topological polar surface area (TPSA) is 89.7 Å². The lowest BCUT2D eigenvalue weighted by Gasteiger charge is -2.17. The van der Waals surface area contributed by atoms with Gasteiger partial charge in [-0.25, -0.2) is 9.97 Å². The van der Waals surface area contributed by atoms with Crippen molar-refractivity contribution in [3.8, 4) is 11.5 Å². The fraction of sp³-hybridized carbons (Fsp3) is 0.381. The van der Waals surface area contributed by atoms with Crippen molar-refractivity contribution < 1.29 is 18.7 Å². The standard InChI is InChI=1S/C21H23IN4O4/c1-12-16(17-18(25-21(2)5-6-21)23-11-24-19(17)30-12)20(27)26(22)10-13-7-14(28-3)9-15(8-13)29-4/h7-9,11H,5-6,10H2,1-4H3,(H,23,24,25). The van der Waals surface area contributed by atoms with Gasteiger partial charge in [-0.05, 0) is 44.4 Å². The van der Waals surface area contributed by atoms with Gasteiger partial charge in [0.25, 0.3) is 5.91 Å². The van der Waals surface area contributed by atoms with E-state index in [0.29, 0.717) is 46.3 Å². The van der Waals surface area contributed by atoms with E-state index in [1.165, 1.54) is 6.33 Å². The van der Waals surface area contributed by atoms with E-state index in [-0.39, 0.29) is 11.4 Å². The fourth-order valence-corrected chi connectivity index (χ4v) is 3.94. The number of benzene rings is 1. The molecule has 9 heteroatoms. The number of fused-ring (bicyclic) bond motifs is 1. The van der Waals surface area contributed by atoms with Gasteiger partial charge in [0.05, 0.1) is 54.6 Å². The molecular weight excluding hydrogens is 499 g/mol. The molecule has 3 aromatic rings. The molecule has 1 aromatic carbocycles. The van der Waals surface area contributed by atoms with Crippen LogP contribution in [0.5, 0.6) is 11.5 Å². The Morgan fingerprint density at radius 2 is 1.90 bits per heavy atom. The molecular formula is C21H23IN4O4. The molecule has 8 nitrogen and oxygen atoms in total. The lowest BCUT2D eigenvalue weighted by atomic mass is 10.1. The molecule has 0 unspecified atom stereocenters. The molecule has 1 aliphatic rings.